The number of hydrogen-bond acceptors (Lipinski definition) is 6. The van der Waals surface area contributed by atoms with Gasteiger partial charge in [-0.15, -0.1) is 0 Å². The minimum atomic E-state index is -1.22. The summed E-state index contributed by atoms with van der Waals surface area (Å²) in [4.78, 5) is 3.92. The van der Waals surface area contributed by atoms with Crippen LogP contribution in [0.25, 0.3) is 10.9 Å². The van der Waals surface area contributed by atoms with Gasteiger partial charge in [0.15, 0.2) is 5.60 Å². The zero-order valence-corrected chi connectivity index (χ0v) is 28.4. The molecule has 0 unspecified atom stereocenters. The third kappa shape index (κ3) is 2.67. The number of hydrogen-bond donors (Lipinski definition) is 4. The molecule has 2 saturated heterocycles. The molecule has 10 rings (SSSR count). The summed E-state index contributed by atoms with van der Waals surface area (Å²) in [6.07, 6.45) is 2.07. The number of halogens is 1. The topological polar surface area (TPSA) is 107 Å². The molecule has 7 nitrogen and oxygen atoms in total. The normalized spacial score (nSPS) is 52.5. The molecule has 13 atom stereocenters. The summed E-state index contributed by atoms with van der Waals surface area (Å²) >= 11 is 3.91. The average Bonchev–Trinajstić information content (AvgIpc) is 3.55. The fourth-order valence-electron chi connectivity index (χ4n) is 12.9. The number of H-pyrrole nitrogens is 1. The SMILES string of the molecule is C=C(C)[C@H]1O[C@H]2CC[C@@]3(C)[C@@](O)(CC[C@H]4[C@@H]5OC(C)(C)[C@@H]6C[C@@H]7C(=C)Cc8c(Br)cc9[nH]c(c5c9c8[C@@]76O)[C@@]43C)[C@]23O[C@@H]3[C@H]1O. The maximum atomic E-state index is 13.2. The van der Waals surface area contributed by atoms with Crippen LogP contribution < -0.4 is 0 Å². The quantitative estimate of drug-likeness (QED) is 0.226. The fourth-order valence-corrected chi connectivity index (χ4v) is 13.5. The van der Waals surface area contributed by atoms with Crippen LogP contribution in [0.4, 0.5) is 0 Å². The molecule has 8 aliphatic rings. The Balaban J connectivity index is 1.21. The molecule has 45 heavy (non-hydrogen) atoms. The molecule has 0 amide bonds. The molecule has 5 fully saturated rings. The van der Waals surface area contributed by atoms with Crippen molar-refractivity contribution in [2.75, 3.05) is 0 Å². The van der Waals surface area contributed by atoms with E-state index < -0.39 is 51.5 Å². The second-order valence-electron chi connectivity index (χ2n) is 17.0. The van der Waals surface area contributed by atoms with Gasteiger partial charge in [-0.25, -0.2) is 0 Å². The Kier molecular flexibility index (Phi) is 4.97. The number of ether oxygens (including phenoxy) is 3. The molecule has 4 heterocycles. The maximum Gasteiger partial charge on any atom is 0.153 e. The monoisotopic (exact) mass is 677 g/mol. The Morgan fingerprint density at radius 3 is 2.60 bits per heavy atom. The Morgan fingerprint density at radius 1 is 1.11 bits per heavy atom. The van der Waals surface area contributed by atoms with Crippen LogP contribution in [0.2, 0.25) is 0 Å². The molecule has 3 saturated carbocycles. The van der Waals surface area contributed by atoms with Gasteiger partial charge in [-0.2, -0.15) is 0 Å². The second-order valence-corrected chi connectivity index (χ2v) is 17.8. The molecule has 8 heteroatoms. The number of aromatic amines is 1. The van der Waals surface area contributed by atoms with Gasteiger partial charge >= 0.3 is 0 Å². The zero-order chi connectivity index (χ0) is 31.6. The van der Waals surface area contributed by atoms with E-state index >= 15 is 0 Å². The average molecular weight is 679 g/mol. The van der Waals surface area contributed by atoms with Gasteiger partial charge in [0.25, 0.3) is 0 Å². The molecule has 4 N–H and O–H groups in total. The summed E-state index contributed by atoms with van der Waals surface area (Å²) in [7, 11) is 0. The van der Waals surface area contributed by atoms with E-state index in [2.05, 4.69) is 67.8 Å². The summed E-state index contributed by atoms with van der Waals surface area (Å²) in [5, 5.41) is 38.6. The van der Waals surface area contributed by atoms with Crippen molar-refractivity contribution in [1.82, 2.24) is 4.98 Å². The van der Waals surface area contributed by atoms with Gasteiger partial charge in [0.05, 0.1) is 17.8 Å². The van der Waals surface area contributed by atoms with Crippen molar-refractivity contribution in [3.63, 3.8) is 0 Å². The van der Waals surface area contributed by atoms with Crippen LogP contribution in [-0.2, 0) is 31.6 Å². The predicted molar refractivity (Wildman–Crippen MR) is 172 cm³/mol. The van der Waals surface area contributed by atoms with Gasteiger partial charge in [0, 0.05) is 55.2 Å². The van der Waals surface area contributed by atoms with Crippen molar-refractivity contribution in [3.8, 4) is 0 Å². The maximum absolute atomic E-state index is 13.2. The highest BCUT2D eigenvalue weighted by atomic mass is 79.9. The molecule has 0 radical (unpaired) electrons. The summed E-state index contributed by atoms with van der Waals surface area (Å²) in [5.41, 5.74) is 2.48. The van der Waals surface area contributed by atoms with Gasteiger partial charge in [0.1, 0.15) is 29.5 Å². The van der Waals surface area contributed by atoms with Crippen molar-refractivity contribution in [2.45, 2.75) is 131 Å². The minimum absolute atomic E-state index is 0.0124. The Labute approximate surface area is 272 Å². The van der Waals surface area contributed by atoms with Crippen LogP contribution in [0, 0.1) is 23.2 Å². The zero-order valence-electron chi connectivity index (χ0n) is 26.8. The number of rotatable bonds is 1. The lowest BCUT2D eigenvalue weighted by Gasteiger charge is -2.66. The van der Waals surface area contributed by atoms with Crippen LogP contribution >= 0.6 is 15.9 Å². The highest BCUT2D eigenvalue weighted by Crippen LogP contribution is 2.78. The Hall–Kier alpha value is -1.52. The molecular weight excluding hydrogens is 634 g/mol. The van der Waals surface area contributed by atoms with E-state index in [0.717, 1.165) is 75.4 Å². The molecule has 0 bridgehead atoms. The molecule has 240 valence electrons. The Bertz CT molecular complexity index is 1800. The van der Waals surface area contributed by atoms with Crippen LogP contribution in [0.5, 0.6) is 0 Å². The van der Waals surface area contributed by atoms with Gasteiger partial charge in [-0.05, 0) is 82.1 Å². The van der Waals surface area contributed by atoms with E-state index in [0.29, 0.717) is 6.42 Å². The van der Waals surface area contributed by atoms with Crippen LogP contribution in [-0.4, -0.2) is 61.5 Å². The van der Waals surface area contributed by atoms with Crippen molar-refractivity contribution in [2.24, 2.45) is 23.2 Å². The molecule has 1 aromatic heterocycles. The molecule has 1 aromatic carbocycles. The second kappa shape index (κ2) is 7.85. The number of epoxide rings is 1. The lowest BCUT2D eigenvalue weighted by Crippen LogP contribution is -2.76. The molecule has 1 spiro atoms. The molecule has 2 aromatic rings. The Morgan fingerprint density at radius 2 is 1.87 bits per heavy atom. The molecule has 3 aliphatic heterocycles. The summed E-state index contributed by atoms with van der Waals surface area (Å²) in [6.45, 7) is 19.3. The smallest absolute Gasteiger partial charge is 0.153 e. The minimum Gasteiger partial charge on any atom is -0.387 e. The number of benzene rings is 1. The van der Waals surface area contributed by atoms with Gasteiger partial charge < -0.3 is 34.5 Å². The van der Waals surface area contributed by atoms with Crippen molar-refractivity contribution < 1.29 is 29.5 Å². The van der Waals surface area contributed by atoms with Crippen LogP contribution in [0.1, 0.15) is 95.2 Å². The lowest BCUT2D eigenvalue weighted by atomic mass is 9.40. The first kappa shape index (κ1) is 28.5. The first-order valence-electron chi connectivity index (χ1n) is 16.9. The van der Waals surface area contributed by atoms with E-state index in [4.69, 9.17) is 14.2 Å². The van der Waals surface area contributed by atoms with E-state index in [1.165, 1.54) is 5.56 Å². The van der Waals surface area contributed by atoms with Gasteiger partial charge in [0.2, 0.25) is 0 Å². The number of aliphatic hydroxyl groups excluding tert-OH is 1. The van der Waals surface area contributed by atoms with E-state index in [1.54, 1.807) is 0 Å². The number of aromatic nitrogens is 1. The summed E-state index contributed by atoms with van der Waals surface area (Å²) in [6, 6.07) is 2.18. The van der Waals surface area contributed by atoms with Crippen molar-refractivity contribution in [1.29, 1.82) is 0 Å². The number of fused-ring (bicyclic) bond motifs is 5. The van der Waals surface area contributed by atoms with Gasteiger partial charge in [-0.1, -0.05) is 48.5 Å². The van der Waals surface area contributed by atoms with E-state index in [-0.39, 0.29) is 30.0 Å². The molecular formula is C37H44BrNO6. The number of aliphatic hydroxyl groups is 3. The third-order valence-electron chi connectivity index (χ3n) is 15.2. The highest BCUT2D eigenvalue weighted by Gasteiger charge is 2.87. The van der Waals surface area contributed by atoms with Crippen molar-refractivity contribution >= 4 is 26.8 Å². The number of nitrogens with one attached hydrogen (secondary N) is 1. The highest BCUT2D eigenvalue weighted by molar-refractivity contribution is 9.10. The lowest BCUT2D eigenvalue weighted by molar-refractivity contribution is -0.281. The van der Waals surface area contributed by atoms with Crippen LogP contribution in [0.3, 0.4) is 0 Å². The predicted octanol–water partition coefficient (Wildman–Crippen LogP) is 5.77. The fraction of sp³-hybridized carbons (Fsp3) is 0.676. The first-order valence-corrected chi connectivity index (χ1v) is 17.7. The largest absolute Gasteiger partial charge is 0.387 e. The summed E-state index contributed by atoms with van der Waals surface area (Å²) in [5.74, 6) is 0.0728. The standard InChI is InChI=1S/C37H44BrNO6/c1-15(2)28-27(40)31-37(45-31)23(43-28)9-10-33(6)34(7)18(8-11-35(33,37)41)29-25-24-21(39-30(25)34)14-20(38)17-12-16(3)19-13-22(32(4,5)44-29)36(19,42)26(17)24/h14,18-19,22-23,27-29,31,39-42H,1,3,8-13H2,2,4-7H3/t18-,19+,22-,23-,27-,28+,29-,31+,33+,34+,35-,36+,37-/m0/s1. The van der Waals surface area contributed by atoms with Gasteiger partial charge in [-0.3, -0.25) is 0 Å². The van der Waals surface area contributed by atoms with Crippen molar-refractivity contribution in [3.05, 3.63) is 57.2 Å². The first-order chi connectivity index (χ1) is 21.1. The van der Waals surface area contributed by atoms with E-state index in [1.807, 2.05) is 6.92 Å². The summed E-state index contributed by atoms with van der Waals surface area (Å²) < 4.78 is 21.4. The third-order valence-corrected chi connectivity index (χ3v) is 15.9. The van der Waals surface area contributed by atoms with E-state index in [9.17, 15) is 15.3 Å². The molecule has 5 aliphatic carbocycles. The van der Waals surface area contributed by atoms with Crippen LogP contribution in [0.15, 0.2) is 34.8 Å².